The number of aromatic nitrogens is 2. The summed E-state index contributed by atoms with van der Waals surface area (Å²) in [5, 5.41) is 9.48. The van der Waals surface area contributed by atoms with Crippen LogP contribution < -0.4 is 10.6 Å². The quantitative estimate of drug-likeness (QED) is 0.484. The topological polar surface area (TPSA) is 80.0 Å². The summed E-state index contributed by atoms with van der Waals surface area (Å²) in [7, 11) is 0. The van der Waals surface area contributed by atoms with Crippen LogP contribution in [0.1, 0.15) is 5.56 Å². The molecule has 6 nitrogen and oxygen atoms in total. The predicted molar refractivity (Wildman–Crippen MR) is 109 cm³/mol. The summed E-state index contributed by atoms with van der Waals surface area (Å²) >= 11 is 0. The van der Waals surface area contributed by atoms with Gasteiger partial charge in [-0.1, -0.05) is 41.6 Å². The smallest absolute Gasteiger partial charge is 0.323 e. The zero-order valence-electron chi connectivity index (χ0n) is 15.5. The third kappa shape index (κ3) is 4.30. The summed E-state index contributed by atoms with van der Waals surface area (Å²) in [5.41, 5.74) is 2.97. The highest BCUT2D eigenvalue weighted by Gasteiger charge is 2.13. The summed E-state index contributed by atoms with van der Waals surface area (Å²) in [6.45, 7) is 1.69. The lowest BCUT2D eigenvalue weighted by Gasteiger charge is -2.08. The SMILES string of the molecule is Cc1ccc(-c2nc(-c3cccc(NC(=O)Nc4ccccc4)c3)no2)cc1F. The van der Waals surface area contributed by atoms with Gasteiger partial charge in [0.05, 0.1) is 0 Å². The highest BCUT2D eigenvalue weighted by Crippen LogP contribution is 2.25. The molecule has 0 bridgehead atoms. The Morgan fingerprint density at radius 2 is 1.66 bits per heavy atom. The molecule has 7 heteroatoms. The number of carbonyl (C=O) groups is 1. The van der Waals surface area contributed by atoms with Crippen LogP contribution >= 0.6 is 0 Å². The molecule has 3 aromatic carbocycles. The van der Waals surface area contributed by atoms with Crippen LogP contribution in [0.2, 0.25) is 0 Å². The Kier molecular flexibility index (Phi) is 5.03. The molecule has 0 aliphatic carbocycles. The first-order chi connectivity index (χ1) is 14.1. The molecule has 4 rings (SSSR count). The van der Waals surface area contributed by atoms with Crippen LogP contribution in [0.15, 0.2) is 77.3 Å². The molecule has 144 valence electrons. The van der Waals surface area contributed by atoms with Gasteiger partial charge >= 0.3 is 6.03 Å². The molecule has 1 aromatic heterocycles. The van der Waals surface area contributed by atoms with Gasteiger partial charge in [-0.05, 0) is 48.9 Å². The van der Waals surface area contributed by atoms with E-state index >= 15 is 0 Å². The van der Waals surface area contributed by atoms with Crippen molar-refractivity contribution in [2.75, 3.05) is 10.6 Å². The number of amides is 2. The molecule has 0 saturated carbocycles. The molecule has 1 heterocycles. The molecular formula is C22H17FN4O2. The van der Waals surface area contributed by atoms with Crippen LogP contribution in [0.5, 0.6) is 0 Å². The number of benzene rings is 3. The Bertz CT molecular complexity index is 1160. The van der Waals surface area contributed by atoms with Crippen molar-refractivity contribution in [2.24, 2.45) is 0 Å². The number of nitrogens with zero attached hydrogens (tertiary/aromatic N) is 2. The van der Waals surface area contributed by atoms with E-state index in [2.05, 4.69) is 20.8 Å². The summed E-state index contributed by atoms with van der Waals surface area (Å²) in [6, 6.07) is 20.6. The molecule has 0 fully saturated rings. The second kappa shape index (κ2) is 7.93. The zero-order chi connectivity index (χ0) is 20.2. The van der Waals surface area contributed by atoms with Crippen LogP contribution in [0.4, 0.5) is 20.6 Å². The Morgan fingerprint density at radius 3 is 2.45 bits per heavy atom. The molecule has 0 saturated heterocycles. The largest absolute Gasteiger partial charge is 0.334 e. The first-order valence-electron chi connectivity index (χ1n) is 8.92. The maximum absolute atomic E-state index is 13.8. The maximum Gasteiger partial charge on any atom is 0.323 e. The minimum atomic E-state index is -0.364. The van der Waals surface area contributed by atoms with E-state index in [1.807, 2.05) is 18.2 Å². The van der Waals surface area contributed by atoms with Crippen LogP contribution in [0.25, 0.3) is 22.8 Å². The Hall–Kier alpha value is -4.00. The number of rotatable bonds is 4. The van der Waals surface area contributed by atoms with E-state index in [1.54, 1.807) is 55.5 Å². The molecular weight excluding hydrogens is 371 g/mol. The first kappa shape index (κ1) is 18.4. The van der Waals surface area contributed by atoms with Gasteiger partial charge in [0.1, 0.15) is 5.82 Å². The van der Waals surface area contributed by atoms with E-state index in [0.29, 0.717) is 33.9 Å². The molecule has 2 N–H and O–H groups in total. The highest BCUT2D eigenvalue weighted by atomic mass is 19.1. The lowest BCUT2D eigenvalue weighted by Crippen LogP contribution is -2.19. The molecule has 4 aromatic rings. The average molecular weight is 388 g/mol. The van der Waals surface area contributed by atoms with Crippen LogP contribution in [0, 0.1) is 12.7 Å². The van der Waals surface area contributed by atoms with Gasteiger partial charge in [-0.3, -0.25) is 0 Å². The number of carbonyl (C=O) groups excluding carboxylic acids is 1. The van der Waals surface area contributed by atoms with E-state index in [9.17, 15) is 9.18 Å². The second-order valence-electron chi connectivity index (χ2n) is 6.41. The van der Waals surface area contributed by atoms with Crippen molar-refractivity contribution in [3.63, 3.8) is 0 Å². The van der Waals surface area contributed by atoms with Gasteiger partial charge < -0.3 is 15.2 Å². The summed E-state index contributed by atoms with van der Waals surface area (Å²) in [4.78, 5) is 16.5. The summed E-state index contributed by atoms with van der Waals surface area (Å²) < 4.78 is 19.1. The molecule has 0 aliphatic rings. The highest BCUT2D eigenvalue weighted by molar-refractivity contribution is 6.00. The number of hydrogen-bond donors (Lipinski definition) is 2. The van der Waals surface area contributed by atoms with E-state index in [0.717, 1.165) is 0 Å². The zero-order valence-corrected chi connectivity index (χ0v) is 15.5. The monoisotopic (exact) mass is 388 g/mol. The van der Waals surface area contributed by atoms with Crippen molar-refractivity contribution in [1.29, 1.82) is 0 Å². The van der Waals surface area contributed by atoms with E-state index in [1.165, 1.54) is 6.07 Å². The van der Waals surface area contributed by atoms with Gasteiger partial charge in [0, 0.05) is 22.5 Å². The third-order valence-corrected chi connectivity index (χ3v) is 4.26. The van der Waals surface area contributed by atoms with Crippen molar-refractivity contribution in [3.05, 3.63) is 84.2 Å². The molecule has 0 aliphatic heterocycles. The first-order valence-corrected chi connectivity index (χ1v) is 8.92. The fourth-order valence-corrected chi connectivity index (χ4v) is 2.73. The van der Waals surface area contributed by atoms with Gasteiger partial charge in [0.25, 0.3) is 5.89 Å². The van der Waals surface area contributed by atoms with Crippen molar-refractivity contribution in [3.8, 4) is 22.8 Å². The third-order valence-electron chi connectivity index (χ3n) is 4.26. The van der Waals surface area contributed by atoms with Crippen LogP contribution in [-0.4, -0.2) is 16.2 Å². The molecule has 0 unspecified atom stereocenters. The second-order valence-corrected chi connectivity index (χ2v) is 6.41. The van der Waals surface area contributed by atoms with Gasteiger partial charge in [0.15, 0.2) is 0 Å². The van der Waals surface area contributed by atoms with E-state index in [4.69, 9.17) is 4.52 Å². The fourth-order valence-electron chi connectivity index (χ4n) is 2.73. The molecule has 0 atom stereocenters. The molecule has 2 amide bonds. The molecule has 0 radical (unpaired) electrons. The maximum atomic E-state index is 13.8. The number of hydrogen-bond acceptors (Lipinski definition) is 4. The van der Waals surface area contributed by atoms with Crippen molar-refractivity contribution in [2.45, 2.75) is 6.92 Å². The Balaban J connectivity index is 1.51. The van der Waals surface area contributed by atoms with Crippen LogP contribution in [0.3, 0.4) is 0 Å². The minimum Gasteiger partial charge on any atom is -0.334 e. The predicted octanol–water partition coefficient (Wildman–Crippen LogP) is 5.50. The van der Waals surface area contributed by atoms with Gasteiger partial charge in [-0.2, -0.15) is 4.98 Å². The fraction of sp³-hybridized carbons (Fsp3) is 0.0455. The van der Waals surface area contributed by atoms with Gasteiger partial charge in [-0.15, -0.1) is 0 Å². The number of nitrogens with one attached hydrogen (secondary N) is 2. The lowest BCUT2D eigenvalue weighted by molar-refractivity contribution is 0.262. The average Bonchev–Trinajstić information content (AvgIpc) is 3.21. The number of halogens is 1. The standard InChI is InChI=1S/C22H17FN4O2/c1-14-10-11-16(13-19(14)23)21-26-20(27-29-21)15-6-5-9-18(12-15)25-22(28)24-17-7-3-2-4-8-17/h2-13H,1H3,(H2,24,25,28). The van der Waals surface area contributed by atoms with Crippen molar-refractivity contribution >= 4 is 17.4 Å². The van der Waals surface area contributed by atoms with Crippen molar-refractivity contribution in [1.82, 2.24) is 10.1 Å². The van der Waals surface area contributed by atoms with E-state index < -0.39 is 0 Å². The Morgan fingerprint density at radius 1 is 0.897 bits per heavy atom. The summed E-state index contributed by atoms with van der Waals surface area (Å²) in [5.74, 6) is 0.227. The molecule has 29 heavy (non-hydrogen) atoms. The Labute approximate surface area is 166 Å². The van der Waals surface area contributed by atoms with Crippen molar-refractivity contribution < 1.29 is 13.7 Å². The number of aryl methyl sites for hydroxylation is 1. The number of urea groups is 1. The number of anilines is 2. The van der Waals surface area contributed by atoms with E-state index in [-0.39, 0.29) is 17.7 Å². The number of para-hydroxylation sites is 1. The van der Waals surface area contributed by atoms with Crippen LogP contribution in [-0.2, 0) is 0 Å². The van der Waals surface area contributed by atoms with Gasteiger partial charge in [-0.25, -0.2) is 9.18 Å². The molecule has 0 spiro atoms. The summed E-state index contributed by atoms with van der Waals surface area (Å²) in [6.07, 6.45) is 0. The normalized spacial score (nSPS) is 10.6. The van der Waals surface area contributed by atoms with Gasteiger partial charge in [0.2, 0.25) is 5.82 Å². The lowest BCUT2D eigenvalue weighted by atomic mass is 10.1. The minimum absolute atomic E-state index is 0.221.